The van der Waals surface area contributed by atoms with Gasteiger partial charge in [-0.25, -0.2) is 0 Å². The quantitative estimate of drug-likeness (QED) is 0.0940. The standard InChI is InChI=1S/C38H45N3O6/c1-26(2)23-33(38(43)47-29-13-7-8-14-29)39-20-9-10-22-45-36-25-32-31(24-35(36)44-3)34(19-21-40-32)46-30-17-15-28(16-18-30)41-37(42)27-11-5-4-6-12-27/h4-6,11-12,15-19,21,24-26,29,33,39H,7-10,13-14,20,22-23H2,1-3H3,(H,41,42). The summed E-state index contributed by atoms with van der Waals surface area (Å²) in [6, 6.07) is 21.5. The molecule has 9 heteroatoms. The van der Waals surface area contributed by atoms with Crippen molar-refractivity contribution < 1.29 is 28.5 Å². The minimum Gasteiger partial charge on any atom is -0.493 e. The Labute approximate surface area is 277 Å². The second-order valence-electron chi connectivity index (χ2n) is 12.3. The summed E-state index contributed by atoms with van der Waals surface area (Å²) in [4.78, 5) is 29.8. The van der Waals surface area contributed by atoms with Crippen molar-refractivity contribution in [3.05, 3.63) is 84.6 Å². The van der Waals surface area contributed by atoms with Crippen molar-refractivity contribution >= 4 is 28.5 Å². The molecule has 1 amide bonds. The number of carbonyl (C=O) groups is 2. The Bertz CT molecular complexity index is 1600. The van der Waals surface area contributed by atoms with Gasteiger partial charge in [-0.1, -0.05) is 32.0 Å². The zero-order valence-electron chi connectivity index (χ0n) is 27.5. The van der Waals surface area contributed by atoms with Gasteiger partial charge in [-0.2, -0.15) is 0 Å². The number of esters is 1. The largest absolute Gasteiger partial charge is 0.493 e. The molecule has 0 bridgehead atoms. The first-order chi connectivity index (χ1) is 22.9. The lowest BCUT2D eigenvalue weighted by Crippen LogP contribution is -2.41. The van der Waals surface area contributed by atoms with Crippen molar-refractivity contribution in [1.29, 1.82) is 0 Å². The van der Waals surface area contributed by atoms with Gasteiger partial charge in [-0.05, 0) is 106 Å². The molecule has 5 rings (SSSR count). The van der Waals surface area contributed by atoms with Gasteiger partial charge in [0.2, 0.25) is 0 Å². The Hall–Kier alpha value is -4.63. The zero-order chi connectivity index (χ0) is 33.0. The molecule has 1 aromatic heterocycles. The molecular formula is C38H45N3O6. The Morgan fingerprint density at radius 1 is 0.915 bits per heavy atom. The molecule has 0 radical (unpaired) electrons. The molecule has 3 aromatic carbocycles. The van der Waals surface area contributed by atoms with E-state index in [9.17, 15) is 9.59 Å². The highest BCUT2D eigenvalue weighted by Gasteiger charge is 2.25. The second kappa shape index (κ2) is 16.8. The molecule has 0 spiro atoms. The average Bonchev–Trinajstić information content (AvgIpc) is 3.59. The summed E-state index contributed by atoms with van der Waals surface area (Å²) in [6.07, 6.45) is 8.42. The van der Waals surface area contributed by atoms with E-state index in [-0.39, 0.29) is 24.0 Å². The number of carbonyl (C=O) groups excluding carboxylic acids is 2. The molecular weight excluding hydrogens is 594 g/mol. The molecule has 47 heavy (non-hydrogen) atoms. The van der Waals surface area contributed by atoms with Crippen molar-refractivity contribution in [1.82, 2.24) is 10.3 Å². The molecule has 9 nitrogen and oxygen atoms in total. The van der Waals surface area contributed by atoms with E-state index in [0.717, 1.165) is 50.3 Å². The number of anilines is 1. The van der Waals surface area contributed by atoms with Gasteiger partial charge in [0.15, 0.2) is 11.5 Å². The third kappa shape index (κ3) is 9.68. The van der Waals surface area contributed by atoms with Gasteiger partial charge in [0.25, 0.3) is 5.91 Å². The zero-order valence-corrected chi connectivity index (χ0v) is 27.5. The van der Waals surface area contributed by atoms with E-state index in [1.165, 1.54) is 0 Å². The first-order valence-electron chi connectivity index (χ1n) is 16.6. The Balaban J connectivity index is 1.13. The van der Waals surface area contributed by atoms with Crippen molar-refractivity contribution in [2.24, 2.45) is 5.92 Å². The summed E-state index contributed by atoms with van der Waals surface area (Å²) in [5.74, 6) is 2.52. The third-order valence-corrected chi connectivity index (χ3v) is 8.16. The van der Waals surface area contributed by atoms with E-state index in [1.807, 2.05) is 30.3 Å². The average molecular weight is 640 g/mol. The highest BCUT2D eigenvalue weighted by atomic mass is 16.5. The van der Waals surface area contributed by atoms with E-state index in [4.69, 9.17) is 18.9 Å². The number of aromatic nitrogens is 1. The lowest BCUT2D eigenvalue weighted by molar-refractivity contribution is -0.151. The van der Waals surface area contributed by atoms with Gasteiger partial charge in [0.1, 0.15) is 23.6 Å². The number of hydrogen-bond acceptors (Lipinski definition) is 8. The maximum atomic E-state index is 12.8. The van der Waals surface area contributed by atoms with Crippen LogP contribution in [-0.4, -0.2) is 49.3 Å². The molecule has 4 aromatic rings. The fraction of sp³-hybridized carbons (Fsp3) is 0.395. The maximum Gasteiger partial charge on any atom is 0.323 e. The van der Waals surface area contributed by atoms with Crippen molar-refractivity contribution in [2.75, 3.05) is 25.6 Å². The summed E-state index contributed by atoms with van der Waals surface area (Å²) < 4.78 is 23.8. The molecule has 1 fully saturated rings. The first-order valence-corrected chi connectivity index (χ1v) is 16.6. The number of unbranched alkanes of at least 4 members (excludes halogenated alkanes) is 1. The van der Waals surface area contributed by atoms with Gasteiger partial charge in [-0.3, -0.25) is 14.6 Å². The number of ether oxygens (including phenoxy) is 4. The lowest BCUT2D eigenvalue weighted by Gasteiger charge is -2.21. The summed E-state index contributed by atoms with van der Waals surface area (Å²) in [7, 11) is 1.61. The van der Waals surface area contributed by atoms with E-state index in [2.05, 4.69) is 29.5 Å². The maximum absolute atomic E-state index is 12.8. The molecule has 1 heterocycles. The first kappa shape index (κ1) is 33.7. The molecule has 1 aliphatic carbocycles. The number of hydrogen-bond donors (Lipinski definition) is 2. The number of nitrogens with one attached hydrogen (secondary N) is 2. The number of methoxy groups -OCH3 is 1. The Kier molecular flexibility index (Phi) is 12.0. The monoisotopic (exact) mass is 639 g/mol. The highest BCUT2D eigenvalue weighted by Crippen LogP contribution is 2.37. The fourth-order valence-electron chi connectivity index (χ4n) is 5.69. The van der Waals surface area contributed by atoms with Crippen LogP contribution in [0.15, 0.2) is 79.0 Å². The van der Waals surface area contributed by atoms with Gasteiger partial charge in [-0.15, -0.1) is 0 Å². The topological polar surface area (TPSA) is 108 Å². The smallest absolute Gasteiger partial charge is 0.323 e. The fourth-order valence-corrected chi connectivity index (χ4v) is 5.69. The van der Waals surface area contributed by atoms with Crippen LogP contribution in [0.1, 0.15) is 69.2 Å². The number of rotatable bonds is 16. The minimum atomic E-state index is -0.280. The number of pyridine rings is 1. The van der Waals surface area contributed by atoms with Gasteiger partial charge >= 0.3 is 5.97 Å². The van der Waals surface area contributed by atoms with E-state index < -0.39 is 0 Å². The van der Waals surface area contributed by atoms with Gasteiger partial charge < -0.3 is 29.6 Å². The van der Waals surface area contributed by atoms with Crippen LogP contribution < -0.4 is 24.8 Å². The van der Waals surface area contributed by atoms with Crippen LogP contribution in [0, 0.1) is 5.92 Å². The molecule has 1 unspecified atom stereocenters. The van der Waals surface area contributed by atoms with Crippen LogP contribution >= 0.6 is 0 Å². The summed E-state index contributed by atoms with van der Waals surface area (Å²) in [5.41, 5.74) is 1.97. The Morgan fingerprint density at radius 3 is 2.40 bits per heavy atom. The Morgan fingerprint density at radius 2 is 1.68 bits per heavy atom. The van der Waals surface area contributed by atoms with Crippen LogP contribution in [0.4, 0.5) is 5.69 Å². The molecule has 1 atom stereocenters. The molecule has 0 aliphatic heterocycles. The minimum absolute atomic E-state index is 0.0777. The summed E-state index contributed by atoms with van der Waals surface area (Å²) in [6.45, 7) is 5.45. The van der Waals surface area contributed by atoms with Gasteiger partial charge in [0, 0.05) is 28.9 Å². The third-order valence-electron chi connectivity index (χ3n) is 8.16. The predicted octanol–water partition coefficient (Wildman–Crippen LogP) is 7.94. The van der Waals surface area contributed by atoms with Crippen LogP contribution in [0.3, 0.4) is 0 Å². The molecule has 2 N–H and O–H groups in total. The normalized spacial score (nSPS) is 13.8. The van der Waals surface area contributed by atoms with E-state index >= 15 is 0 Å². The van der Waals surface area contributed by atoms with Crippen LogP contribution in [0.25, 0.3) is 10.9 Å². The lowest BCUT2D eigenvalue weighted by atomic mass is 10.0. The van der Waals surface area contributed by atoms with E-state index in [1.54, 1.807) is 55.8 Å². The molecule has 248 valence electrons. The van der Waals surface area contributed by atoms with Crippen LogP contribution in [0.2, 0.25) is 0 Å². The van der Waals surface area contributed by atoms with Crippen LogP contribution in [0.5, 0.6) is 23.0 Å². The van der Waals surface area contributed by atoms with E-state index in [0.29, 0.717) is 58.8 Å². The summed E-state index contributed by atoms with van der Waals surface area (Å²) in [5, 5.41) is 7.10. The number of nitrogens with zero attached hydrogens (tertiary/aromatic N) is 1. The number of amides is 1. The summed E-state index contributed by atoms with van der Waals surface area (Å²) >= 11 is 0. The number of fused-ring (bicyclic) bond motifs is 1. The molecule has 1 saturated carbocycles. The molecule has 1 aliphatic rings. The van der Waals surface area contributed by atoms with Crippen LogP contribution in [-0.2, 0) is 9.53 Å². The predicted molar refractivity (Wildman–Crippen MR) is 184 cm³/mol. The van der Waals surface area contributed by atoms with Crippen molar-refractivity contribution in [3.63, 3.8) is 0 Å². The van der Waals surface area contributed by atoms with Crippen molar-refractivity contribution in [3.8, 4) is 23.0 Å². The van der Waals surface area contributed by atoms with Crippen molar-refractivity contribution in [2.45, 2.75) is 70.9 Å². The molecule has 0 saturated heterocycles. The SMILES string of the molecule is COc1cc2c(Oc3ccc(NC(=O)c4ccccc4)cc3)ccnc2cc1OCCCCNC(CC(C)C)C(=O)OC1CCCC1. The van der Waals surface area contributed by atoms with Gasteiger partial charge in [0.05, 0.1) is 19.2 Å². The second-order valence-corrected chi connectivity index (χ2v) is 12.3. The number of benzene rings is 3. The highest BCUT2D eigenvalue weighted by molar-refractivity contribution is 6.04.